The van der Waals surface area contributed by atoms with E-state index in [2.05, 4.69) is 57.4 Å². The average molecular weight is 345 g/mol. The Kier molecular flexibility index (Phi) is 6.22. The van der Waals surface area contributed by atoms with E-state index in [0.29, 0.717) is 19.6 Å². The molecule has 0 saturated carbocycles. The van der Waals surface area contributed by atoms with Gasteiger partial charge in [0.2, 0.25) is 11.8 Å². The molecule has 0 aliphatic carbocycles. The molecule has 1 heterocycles. The van der Waals surface area contributed by atoms with E-state index in [1.54, 1.807) is 0 Å². The van der Waals surface area contributed by atoms with Gasteiger partial charge in [0.25, 0.3) is 0 Å². The summed E-state index contributed by atoms with van der Waals surface area (Å²) in [5.41, 5.74) is 5.37. The van der Waals surface area contributed by atoms with Crippen molar-refractivity contribution in [2.24, 2.45) is 0 Å². The summed E-state index contributed by atoms with van der Waals surface area (Å²) in [6.45, 7) is 13.5. The zero-order valence-corrected chi connectivity index (χ0v) is 16.2. The van der Waals surface area contributed by atoms with E-state index in [1.807, 2.05) is 4.90 Å². The quantitative estimate of drug-likeness (QED) is 0.854. The number of aryl methyl sites for hydroxylation is 2. The van der Waals surface area contributed by atoms with Crippen LogP contribution in [0.25, 0.3) is 0 Å². The minimum atomic E-state index is -0.0173. The maximum Gasteiger partial charge on any atom is 0.234 e. The Labute approximate surface area is 151 Å². The Hall–Kier alpha value is -1.88. The molecule has 138 valence electrons. The molecule has 25 heavy (non-hydrogen) atoms. The van der Waals surface area contributed by atoms with E-state index in [-0.39, 0.29) is 23.8 Å². The van der Waals surface area contributed by atoms with Crippen molar-refractivity contribution in [1.82, 2.24) is 15.5 Å². The van der Waals surface area contributed by atoms with Crippen LogP contribution < -0.4 is 10.6 Å². The fourth-order valence-corrected chi connectivity index (χ4v) is 3.23. The second kappa shape index (κ2) is 8.00. The molecule has 2 amide bonds. The van der Waals surface area contributed by atoms with Crippen LogP contribution in [0.2, 0.25) is 0 Å². The highest BCUT2D eigenvalue weighted by Crippen LogP contribution is 2.27. The number of piperazine rings is 1. The molecule has 0 unspecified atom stereocenters. The number of carbonyl (C=O) groups is 2. The van der Waals surface area contributed by atoms with Gasteiger partial charge in [0.15, 0.2) is 0 Å². The first kappa shape index (κ1) is 19.4. The molecular formula is C20H31N3O2. The second-order valence-electron chi connectivity index (χ2n) is 8.00. The molecule has 1 aromatic rings. The van der Waals surface area contributed by atoms with Crippen molar-refractivity contribution in [3.05, 3.63) is 34.4 Å². The monoisotopic (exact) mass is 345 g/mol. The van der Waals surface area contributed by atoms with Gasteiger partial charge in [-0.05, 0) is 47.9 Å². The van der Waals surface area contributed by atoms with Crippen LogP contribution in [0.5, 0.6) is 0 Å². The van der Waals surface area contributed by atoms with Crippen LogP contribution >= 0.6 is 0 Å². The van der Waals surface area contributed by atoms with Gasteiger partial charge in [-0.2, -0.15) is 0 Å². The van der Waals surface area contributed by atoms with Gasteiger partial charge in [0, 0.05) is 19.6 Å². The highest BCUT2D eigenvalue weighted by molar-refractivity contribution is 5.81. The van der Waals surface area contributed by atoms with Gasteiger partial charge in [-0.25, -0.2) is 0 Å². The molecule has 0 aromatic heterocycles. The van der Waals surface area contributed by atoms with E-state index in [1.165, 1.54) is 22.3 Å². The van der Waals surface area contributed by atoms with Crippen molar-refractivity contribution in [2.45, 2.75) is 46.5 Å². The lowest BCUT2D eigenvalue weighted by Crippen LogP contribution is -2.50. The van der Waals surface area contributed by atoms with E-state index in [9.17, 15) is 9.59 Å². The van der Waals surface area contributed by atoms with Gasteiger partial charge in [-0.15, -0.1) is 0 Å². The van der Waals surface area contributed by atoms with Gasteiger partial charge < -0.3 is 10.6 Å². The predicted octanol–water partition coefficient (Wildman–Crippen LogP) is 1.69. The molecule has 2 N–H and O–H groups in total. The predicted molar refractivity (Wildman–Crippen MR) is 101 cm³/mol. The smallest absolute Gasteiger partial charge is 0.234 e. The third-order valence-corrected chi connectivity index (χ3v) is 4.74. The van der Waals surface area contributed by atoms with Crippen molar-refractivity contribution >= 4 is 11.8 Å². The van der Waals surface area contributed by atoms with E-state index in [0.717, 1.165) is 13.0 Å². The number of hydrogen-bond acceptors (Lipinski definition) is 3. The van der Waals surface area contributed by atoms with E-state index in [4.69, 9.17) is 0 Å². The number of rotatable bonds is 5. The van der Waals surface area contributed by atoms with Gasteiger partial charge in [0.05, 0.1) is 13.1 Å². The van der Waals surface area contributed by atoms with E-state index < -0.39 is 0 Å². The average Bonchev–Trinajstić information content (AvgIpc) is 2.48. The summed E-state index contributed by atoms with van der Waals surface area (Å²) in [5, 5.41) is 5.75. The molecule has 1 fully saturated rings. The third-order valence-electron chi connectivity index (χ3n) is 4.74. The standard InChI is InChI=1S/C20H31N3O2/c1-14-10-16(20(3,4)5)11-15(2)17(14)6-7-21-18(24)12-23-9-8-22-19(25)13-23/h10-11H,6-9,12-13H2,1-5H3,(H,21,24)(H,22,25). The Morgan fingerprint density at radius 3 is 2.44 bits per heavy atom. The topological polar surface area (TPSA) is 61.4 Å². The molecule has 0 bridgehead atoms. The molecule has 1 aliphatic heterocycles. The van der Waals surface area contributed by atoms with Gasteiger partial charge in [0.1, 0.15) is 0 Å². The van der Waals surface area contributed by atoms with Crippen molar-refractivity contribution in [3.8, 4) is 0 Å². The molecule has 1 aliphatic rings. The minimum absolute atomic E-state index is 0.00997. The highest BCUT2D eigenvalue weighted by Gasteiger charge is 2.19. The lowest BCUT2D eigenvalue weighted by molar-refractivity contribution is -0.126. The Morgan fingerprint density at radius 1 is 1.24 bits per heavy atom. The summed E-state index contributed by atoms with van der Waals surface area (Å²) in [5.74, 6) is -0.0273. The Bertz CT molecular complexity index is 624. The minimum Gasteiger partial charge on any atom is -0.355 e. The molecule has 1 aromatic carbocycles. The summed E-state index contributed by atoms with van der Waals surface area (Å²) in [6, 6.07) is 4.52. The van der Waals surface area contributed by atoms with Crippen molar-refractivity contribution < 1.29 is 9.59 Å². The van der Waals surface area contributed by atoms with Crippen LogP contribution in [0.3, 0.4) is 0 Å². The SMILES string of the molecule is Cc1cc(C(C)(C)C)cc(C)c1CCNC(=O)CN1CCNC(=O)C1. The van der Waals surface area contributed by atoms with Crippen molar-refractivity contribution in [2.75, 3.05) is 32.7 Å². The maximum atomic E-state index is 12.1. The first-order valence-electron chi connectivity index (χ1n) is 9.03. The number of amides is 2. The highest BCUT2D eigenvalue weighted by atomic mass is 16.2. The van der Waals surface area contributed by atoms with Crippen molar-refractivity contribution in [1.29, 1.82) is 0 Å². The summed E-state index contributed by atoms with van der Waals surface area (Å²) >= 11 is 0. The molecular weight excluding hydrogens is 314 g/mol. The maximum absolute atomic E-state index is 12.1. The zero-order chi connectivity index (χ0) is 18.6. The number of benzene rings is 1. The largest absolute Gasteiger partial charge is 0.355 e. The number of hydrogen-bond donors (Lipinski definition) is 2. The fourth-order valence-electron chi connectivity index (χ4n) is 3.23. The second-order valence-corrected chi connectivity index (χ2v) is 8.00. The molecule has 2 rings (SSSR count). The summed E-state index contributed by atoms with van der Waals surface area (Å²) in [7, 11) is 0. The number of nitrogens with one attached hydrogen (secondary N) is 2. The Balaban J connectivity index is 1.87. The zero-order valence-electron chi connectivity index (χ0n) is 16.2. The first-order chi connectivity index (χ1) is 11.7. The lowest BCUT2D eigenvalue weighted by Gasteiger charge is -2.25. The van der Waals surface area contributed by atoms with Crippen LogP contribution in [-0.4, -0.2) is 49.4 Å². The molecule has 0 spiro atoms. The van der Waals surface area contributed by atoms with Crippen LogP contribution in [-0.2, 0) is 21.4 Å². The van der Waals surface area contributed by atoms with Gasteiger partial charge in [-0.3, -0.25) is 14.5 Å². The number of carbonyl (C=O) groups excluding carboxylic acids is 2. The van der Waals surface area contributed by atoms with Crippen LogP contribution in [0.1, 0.15) is 43.0 Å². The lowest BCUT2D eigenvalue weighted by atomic mass is 9.83. The Morgan fingerprint density at radius 2 is 1.88 bits per heavy atom. The van der Waals surface area contributed by atoms with Crippen LogP contribution in [0, 0.1) is 13.8 Å². The van der Waals surface area contributed by atoms with E-state index >= 15 is 0 Å². The van der Waals surface area contributed by atoms with Crippen LogP contribution in [0.4, 0.5) is 0 Å². The first-order valence-corrected chi connectivity index (χ1v) is 9.03. The summed E-state index contributed by atoms with van der Waals surface area (Å²) in [4.78, 5) is 25.3. The molecule has 5 heteroatoms. The van der Waals surface area contributed by atoms with Gasteiger partial charge >= 0.3 is 0 Å². The molecule has 5 nitrogen and oxygen atoms in total. The normalized spacial score (nSPS) is 15.8. The number of nitrogens with zero attached hydrogens (tertiary/aromatic N) is 1. The molecule has 0 atom stereocenters. The molecule has 1 saturated heterocycles. The third kappa shape index (κ3) is 5.56. The summed E-state index contributed by atoms with van der Waals surface area (Å²) < 4.78 is 0. The summed E-state index contributed by atoms with van der Waals surface area (Å²) in [6.07, 6.45) is 0.828. The molecule has 0 radical (unpaired) electrons. The van der Waals surface area contributed by atoms with Gasteiger partial charge in [-0.1, -0.05) is 32.9 Å². The fraction of sp³-hybridized carbons (Fsp3) is 0.600. The van der Waals surface area contributed by atoms with Crippen LogP contribution in [0.15, 0.2) is 12.1 Å². The van der Waals surface area contributed by atoms with Crippen molar-refractivity contribution in [3.63, 3.8) is 0 Å².